The molecule has 2 amide bonds. The van der Waals surface area contributed by atoms with Crippen molar-refractivity contribution in [2.24, 2.45) is 5.16 Å². The molecule has 0 unspecified atom stereocenters. The highest BCUT2D eigenvalue weighted by molar-refractivity contribution is 6.00. The van der Waals surface area contributed by atoms with E-state index in [1.54, 1.807) is 9.80 Å². The molecule has 2 saturated heterocycles. The second-order valence-corrected chi connectivity index (χ2v) is 11.2. The fraction of sp³-hybridized carbons (Fsp3) is 0.433. The Morgan fingerprint density at radius 1 is 1.00 bits per heavy atom. The minimum absolute atomic E-state index is 0.0550. The van der Waals surface area contributed by atoms with Crippen molar-refractivity contribution >= 4 is 17.7 Å². The number of carbonyl (C=O) groups is 2. The summed E-state index contributed by atoms with van der Waals surface area (Å²) in [6.45, 7) is 7.00. The maximum absolute atomic E-state index is 13.6. The number of carbonyl (C=O) groups excluding carboxylic acids is 2. The van der Waals surface area contributed by atoms with Gasteiger partial charge in [-0.1, -0.05) is 52.8 Å². The molecule has 2 aliphatic heterocycles. The summed E-state index contributed by atoms with van der Waals surface area (Å²) < 4.78 is 11.2. The van der Waals surface area contributed by atoms with Crippen molar-refractivity contribution in [3.63, 3.8) is 0 Å². The SMILES string of the molecule is CON=C1C[C@@H](c2nc(C3CCN(C(=O)OC(C)(C)C)CC3)no2)N(C(=O)c2ccc(-c3ccccc3)cc2)C1. The van der Waals surface area contributed by atoms with Gasteiger partial charge in [0.2, 0.25) is 5.89 Å². The summed E-state index contributed by atoms with van der Waals surface area (Å²) in [5.41, 5.74) is 2.89. The first-order valence-electron chi connectivity index (χ1n) is 13.6. The van der Waals surface area contributed by atoms with Gasteiger partial charge in [0.25, 0.3) is 5.91 Å². The molecule has 0 saturated carbocycles. The summed E-state index contributed by atoms with van der Waals surface area (Å²) >= 11 is 0. The Hall–Kier alpha value is -4.21. The minimum Gasteiger partial charge on any atom is -0.444 e. The van der Waals surface area contributed by atoms with Crippen molar-refractivity contribution in [1.82, 2.24) is 19.9 Å². The highest BCUT2D eigenvalue weighted by atomic mass is 16.6. The van der Waals surface area contributed by atoms with Crippen LogP contribution in [0.4, 0.5) is 4.79 Å². The van der Waals surface area contributed by atoms with Gasteiger partial charge in [-0.15, -0.1) is 0 Å². The summed E-state index contributed by atoms with van der Waals surface area (Å²) in [7, 11) is 1.49. The second-order valence-electron chi connectivity index (χ2n) is 11.2. The summed E-state index contributed by atoms with van der Waals surface area (Å²) in [5.74, 6) is 0.881. The smallest absolute Gasteiger partial charge is 0.410 e. The fourth-order valence-corrected chi connectivity index (χ4v) is 5.13. The van der Waals surface area contributed by atoms with E-state index in [4.69, 9.17) is 19.1 Å². The quantitative estimate of drug-likeness (QED) is 0.393. The van der Waals surface area contributed by atoms with Crippen LogP contribution in [-0.4, -0.2) is 70.0 Å². The van der Waals surface area contributed by atoms with Crippen molar-refractivity contribution in [3.05, 3.63) is 71.9 Å². The third kappa shape index (κ3) is 6.16. The van der Waals surface area contributed by atoms with E-state index in [-0.39, 0.29) is 17.9 Å². The maximum Gasteiger partial charge on any atom is 0.410 e. The number of aromatic nitrogens is 2. The standard InChI is InChI=1S/C30H35N5O5/c1-30(2,3)39-29(37)34-16-14-22(15-17-34)26-31-27(40-33-26)25-18-24(32-38-4)19-35(25)28(36)23-12-10-21(11-13-23)20-8-6-5-7-9-20/h5-13,22,25H,14-19H2,1-4H3/t25-/m0/s1. The molecule has 40 heavy (non-hydrogen) atoms. The van der Waals surface area contributed by atoms with Crippen LogP contribution in [0.3, 0.4) is 0 Å². The maximum atomic E-state index is 13.6. The Kier molecular flexibility index (Phi) is 7.86. The van der Waals surface area contributed by atoms with Gasteiger partial charge in [0.05, 0.1) is 12.3 Å². The van der Waals surface area contributed by atoms with Crippen molar-refractivity contribution in [1.29, 1.82) is 0 Å². The first-order chi connectivity index (χ1) is 19.2. The van der Waals surface area contributed by atoms with E-state index in [1.807, 2.05) is 75.4 Å². The fourth-order valence-electron chi connectivity index (χ4n) is 5.13. The Balaban J connectivity index is 1.29. The molecule has 10 nitrogen and oxygen atoms in total. The van der Waals surface area contributed by atoms with Crippen LogP contribution >= 0.6 is 0 Å². The molecule has 210 valence electrons. The number of nitrogens with zero attached hydrogens (tertiary/aromatic N) is 5. The number of oxime groups is 1. The molecule has 0 radical (unpaired) electrons. The van der Waals surface area contributed by atoms with Crippen molar-refractivity contribution in [2.75, 3.05) is 26.7 Å². The van der Waals surface area contributed by atoms with Crippen molar-refractivity contribution in [2.45, 2.75) is 57.6 Å². The number of rotatable bonds is 5. The lowest BCUT2D eigenvalue weighted by atomic mass is 9.96. The molecule has 0 aliphatic carbocycles. The summed E-state index contributed by atoms with van der Waals surface area (Å²) in [4.78, 5) is 39.2. The number of benzene rings is 2. The third-order valence-corrected chi connectivity index (χ3v) is 7.13. The van der Waals surface area contributed by atoms with Crippen molar-refractivity contribution < 1.29 is 23.7 Å². The summed E-state index contributed by atoms with van der Waals surface area (Å²) in [6, 6.07) is 17.2. The number of likely N-dealkylation sites (tertiary alicyclic amines) is 2. The van der Waals surface area contributed by atoms with Crippen molar-refractivity contribution in [3.8, 4) is 11.1 Å². The Bertz CT molecular complexity index is 1360. The number of ether oxygens (including phenoxy) is 1. The molecule has 0 N–H and O–H groups in total. The molecule has 2 aliphatic rings. The molecule has 3 aromatic rings. The Morgan fingerprint density at radius 2 is 1.68 bits per heavy atom. The van der Waals surface area contributed by atoms with E-state index in [0.717, 1.165) is 16.8 Å². The van der Waals surface area contributed by atoms with Crippen LogP contribution in [0.25, 0.3) is 11.1 Å². The highest BCUT2D eigenvalue weighted by Crippen LogP contribution is 2.34. The molecule has 0 spiro atoms. The molecule has 1 atom stereocenters. The summed E-state index contributed by atoms with van der Waals surface area (Å²) in [5, 5.41) is 8.38. The van der Waals surface area contributed by atoms with E-state index >= 15 is 0 Å². The van der Waals surface area contributed by atoms with E-state index in [0.29, 0.717) is 56.2 Å². The largest absolute Gasteiger partial charge is 0.444 e. The van der Waals surface area contributed by atoms with Gasteiger partial charge in [-0.2, -0.15) is 4.98 Å². The Morgan fingerprint density at radius 3 is 2.33 bits per heavy atom. The second kappa shape index (κ2) is 11.5. The lowest BCUT2D eigenvalue weighted by Gasteiger charge is -2.32. The monoisotopic (exact) mass is 545 g/mol. The van der Waals surface area contributed by atoms with Gasteiger partial charge >= 0.3 is 6.09 Å². The predicted octanol–water partition coefficient (Wildman–Crippen LogP) is 5.44. The molecule has 3 heterocycles. The lowest BCUT2D eigenvalue weighted by Crippen LogP contribution is -2.41. The molecule has 10 heteroatoms. The zero-order valence-corrected chi connectivity index (χ0v) is 23.4. The highest BCUT2D eigenvalue weighted by Gasteiger charge is 2.39. The van der Waals surface area contributed by atoms with E-state index in [9.17, 15) is 9.59 Å². The van der Waals surface area contributed by atoms with E-state index in [1.165, 1.54) is 7.11 Å². The third-order valence-electron chi connectivity index (χ3n) is 7.13. The number of hydrogen-bond acceptors (Lipinski definition) is 8. The summed E-state index contributed by atoms with van der Waals surface area (Å²) in [6.07, 6.45) is 1.55. The van der Waals surface area contributed by atoms with Crippen LogP contribution in [0.15, 0.2) is 64.3 Å². The number of piperidine rings is 1. The van der Waals surface area contributed by atoms with Crippen LogP contribution < -0.4 is 0 Å². The van der Waals surface area contributed by atoms with Gasteiger partial charge in [-0.25, -0.2) is 4.79 Å². The van der Waals surface area contributed by atoms with Crippen LogP contribution in [0.5, 0.6) is 0 Å². The molecular weight excluding hydrogens is 510 g/mol. The van der Waals surface area contributed by atoms with Crippen LogP contribution in [0, 0.1) is 0 Å². The van der Waals surface area contributed by atoms with Gasteiger partial charge in [0.15, 0.2) is 5.82 Å². The molecule has 2 aromatic carbocycles. The topological polar surface area (TPSA) is 110 Å². The Labute approximate surface area is 233 Å². The molecule has 1 aromatic heterocycles. The predicted molar refractivity (Wildman–Crippen MR) is 149 cm³/mol. The average Bonchev–Trinajstić information content (AvgIpc) is 3.60. The van der Waals surface area contributed by atoms with E-state index < -0.39 is 11.6 Å². The van der Waals surface area contributed by atoms with Crippen LogP contribution in [0.1, 0.15) is 74.1 Å². The molecule has 5 rings (SSSR count). The van der Waals surface area contributed by atoms with Gasteiger partial charge in [0.1, 0.15) is 18.8 Å². The number of hydrogen-bond donors (Lipinski definition) is 0. The van der Waals surface area contributed by atoms with Gasteiger partial charge in [-0.3, -0.25) is 4.79 Å². The minimum atomic E-state index is -0.532. The first-order valence-corrected chi connectivity index (χ1v) is 13.6. The van der Waals surface area contributed by atoms with Crippen LogP contribution in [-0.2, 0) is 9.57 Å². The zero-order valence-electron chi connectivity index (χ0n) is 23.4. The number of amides is 2. The normalized spacial score (nSPS) is 19.2. The molecule has 0 bridgehead atoms. The van der Waals surface area contributed by atoms with E-state index in [2.05, 4.69) is 10.3 Å². The molecular formula is C30H35N5O5. The first kappa shape index (κ1) is 27.4. The lowest BCUT2D eigenvalue weighted by molar-refractivity contribution is 0.0202. The van der Waals surface area contributed by atoms with Gasteiger partial charge < -0.3 is 23.9 Å². The molecule has 2 fully saturated rings. The van der Waals surface area contributed by atoms with Crippen LogP contribution in [0.2, 0.25) is 0 Å². The van der Waals surface area contributed by atoms with Gasteiger partial charge in [-0.05, 0) is 56.9 Å². The van der Waals surface area contributed by atoms with Gasteiger partial charge in [0, 0.05) is 31.0 Å². The zero-order chi connectivity index (χ0) is 28.3. The average molecular weight is 546 g/mol.